The molecule has 0 saturated carbocycles. The molecule has 0 aliphatic carbocycles. The van der Waals surface area contributed by atoms with Crippen LogP contribution in [0.5, 0.6) is 5.88 Å². The molecule has 1 aromatic heterocycles. The lowest BCUT2D eigenvalue weighted by atomic mass is 10.0. The molecule has 0 amide bonds. The van der Waals surface area contributed by atoms with Crippen molar-refractivity contribution < 1.29 is 14.2 Å². The number of aliphatic hydroxyl groups is 1. The maximum Gasteiger partial charge on any atom is 0.214 e. The van der Waals surface area contributed by atoms with Gasteiger partial charge in [-0.1, -0.05) is 18.2 Å². The number of thioether (sulfide) groups is 1. The van der Waals surface area contributed by atoms with Crippen LogP contribution in [-0.2, 0) is 0 Å². The van der Waals surface area contributed by atoms with E-state index in [1.807, 2.05) is 0 Å². The molecular formula is C17H18FN3O2S. The second-order valence-corrected chi connectivity index (χ2v) is 6.39. The Balaban J connectivity index is 2.39. The first-order chi connectivity index (χ1) is 11.6. The molecule has 2 atom stereocenters. The van der Waals surface area contributed by atoms with E-state index in [9.17, 15) is 14.8 Å². The first kappa shape index (κ1) is 18.2. The minimum Gasteiger partial charge on any atom is -0.481 e. The molecule has 1 heterocycles. The smallest absolute Gasteiger partial charge is 0.214 e. The fourth-order valence-electron chi connectivity index (χ4n) is 2.19. The van der Waals surface area contributed by atoms with Crippen molar-refractivity contribution >= 4 is 11.8 Å². The molecule has 0 saturated heterocycles. The number of nitriles is 1. The average Bonchev–Trinajstić information content (AvgIpc) is 2.61. The van der Waals surface area contributed by atoms with E-state index in [1.165, 1.54) is 31.1 Å². The highest BCUT2D eigenvalue weighted by Gasteiger charge is 2.21. The zero-order valence-electron chi connectivity index (χ0n) is 13.1. The molecule has 0 radical (unpaired) electrons. The van der Waals surface area contributed by atoms with Crippen molar-refractivity contribution in [1.82, 2.24) is 4.98 Å². The molecule has 2 aromatic rings. The topological polar surface area (TPSA) is 92.2 Å². The Kier molecular flexibility index (Phi) is 6.55. The summed E-state index contributed by atoms with van der Waals surface area (Å²) < 4.78 is 19.3. The monoisotopic (exact) mass is 347 g/mol. The lowest BCUT2D eigenvalue weighted by Crippen LogP contribution is -2.26. The molecule has 3 N–H and O–H groups in total. The Hall–Kier alpha value is -2.14. The Morgan fingerprint density at radius 3 is 2.83 bits per heavy atom. The van der Waals surface area contributed by atoms with E-state index < -0.39 is 6.04 Å². The molecule has 5 nitrogen and oxygen atoms in total. The summed E-state index contributed by atoms with van der Waals surface area (Å²) in [4.78, 5) is 4.63. The Morgan fingerprint density at radius 1 is 1.46 bits per heavy atom. The van der Waals surface area contributed by atoms with Crippen molar-refractivity contribution in [1.29, 1.82) is 5.26 Å². The van der Waals surface area contributed by atoms with Crippen molar-refractivity contribution in [3.63, 3.8) is 0 Å². The summed E-state index contributed by atoms with van der Waals surface area (Å²) in [7, 11) is 1.48. The van der Waals surface area contributed by atoms with Gasteiger partial charge in [0.25, 0.3) is 0 Å². The van der Waals surface area contributed by atoms with Crippen LogP contribution < -0.4 is 10.5 Å². The van der Waals surface area contributed by atoms with Crippen LogP contribution >= 0.6 is 11.8 Å². The zero-order valence-corrected chi connectivity index (χ0v) is 14.0. The predicted molar refractivity (Wildman–Crippen MR) is 90.2 cm³/mol. The maximum atomic E-state index is 14.2. The number of nitrogens with two attached hydrogens (primary N) is 1. The highest BCUT2D eigenvalue weighted by atomic mass is 32.2. The minimum absolute atomic E-state index is 0.198. The number of hydrogen-bond acceptors (Lipinski definition) is 6. The number of methoxy groups -OCH3 is 1. The molecule has 7 heteroatoms. The van der Waals surface area contributed by atoms with Gasteiger partial charge in [-0.3, -0.25) is 0 Å². The first-order valence-electron chi connectivity index (χ1n) is 7.30. The van der Waals surface area contributed by atoms with Gasteiger partial charge in [0.15, 0.2) is 0 Å². The maximum absolute atomic E-state index is 14.2. The number of benzene rings is 1. The van der Waals surface area contributed by atoms with Crippen molar-refractivity contribution in [3.8, 4) is 11.9 Å². The van der Waals surface area contributed by atoms with Crippen LogP contribution in [0.1, 0.15) is 22.8 Å². The molecule has 0 aliphatic heterocycles. The molecule has 24 heavy (non-hydrogen) atoms. The zero-order chi connectivity index (χ0) is 17.5. The summed E-state index contributed by atoms with van der Waals surface area (Å²) in [5.74, 6) is 0.0231. The van der Waals surface area contributed by atoms with Gasteiger partial charge in [0.2, 0.25) is 5.88 Å². The lowest BCUT2D eigenvalue weighted by Gasteiger charge is -2.21. The van der Waals surface area contributed by atoms with Gasteiger partial charge in [0.1, 0.15) is 11.9 Å². The third-order valence-electron chi connectivity index (χ3n) is 3.44. The van der Waals surface area contributed by atoms with Crippen molar-refractivity contribution in [2.24, 2.45) is 5.73 Å². The molecule has 0 aliphatic rings. The molecular weight excluding hydrogens is 329 g/mol. The second kappa shape index (κ2) is 8.64. The number of hydrogen-bond donors (Lipinski definition) is 2. The third kappa shape index (κ3) is 4.45. The standard InChI is InChI=1S/C17H18FN3O2S/c1-23-17-7-15(11(8-19)9-21-17)24-16(6-12(20)10-22)13-4-2-3-5-14(13)18/h2-5,7,9,12,16,22H,6,10,20H2,1H3/t12-,16+/m0/s1. The van der Waals surface area contributed by atoms with Crippen LogP contribution in [0.25, 0.3) is 0 Å². The van der Waals surface area contributed by atoms with E-state index in [2.05, 4.69) is 11.1 Å². The molecule has 1 aromatic carbocycles. The molecule has 2 rings (SSSR count). The summed E-state index contributed by atoms with van der Waals surface area (Å²) in [5.41, 5.74) is 6.71. The summed E-state index contributed by atoms with van der Waals surface area (Å²) in [6, 6.07) is 9.64. The van der Waals surface area contributed by atoms with Crippen LogP contribution in [-0.4, -0.2) is 29.8 Å². The predicted octanol–water partition coefficient (Wildman–Crippen LogP) is 2.64. The summed E-state index contributed by atoms with van der Waals surface area (Å²) in [6.07, 6.45) is 1.78. The molecule has 0 unspecified atom stereocenters. The third-order valence-corrected chi connectivity index (χ3v) is 4.77. The van der Waals surface area contributed by atoms with Gasteiger partial charge in [-0.15, -0.1) is 11.8 Å². The van der Waals surface area contributed by atoms with Crippen molar-refractivity contribution in [3.05, 3.63) is 53.5 Å². The fraction of sp³-hybridized carbons (Fsp3) is 0.294. The number of halogens is 1. The first-order valence-corrected chi connectivity index (χ1v) is 8.18. The summed E-state index contributed by atoms with van der Waals surface area (Å²) >= 11 is 1.31. The van der Waals surface area contributed by atoms with Gasteiger partial charge < -0.3 is 15.6 Å². The van der Waals surface area contributed by atoms with E-state index in [4.69, 9.17) is 10.5 Å². The van der Waals surface area contributed by atoms with Gasteiger partial charge in [-0.05, 0) is 12.5 Å². The average molecular weight is 347 g/mol. The van der Waals surface area contributed by atoms with E-state index in [-0.39, 0.29) is 17.7 Å². The molecule has 0 fully saturated rings. The lowest BCUT2D eigenvalue weighted by molar-refractivity contribution is 0.259. The normalized spacial score (nSPS) is 13.1. The van der Waals surface area contributed by atoms with Gasteiger partial charge in [0.05, 0.1) is 19.3 Å². The summed E-state index contributed by atoms with van der Waals surface area (Å²) in [6.45, 7) is -0.198. The number of ether oxygens (including phenoxy) is 1. The van der Waals surface area contributed by atoms with Crippen LogP contribution in [0.15, 0.2) is 41.4 Å². The van der Waals surface area contributed by atoms with Crippen LogP contribution in [0.2, 0.25) is 0 Å². The van der Waals surface area contributed by atoms with Crippen LogP contribution in [0.3, 0.4) is 0 Å². The highest BCUT2D eigenvalue weighted by Crippen LogP contribution is 2.41. The largest absolute Gasteiger partial charge is 0.481 e. The van der Waals surface area contributed by atoms with E-state index >= 15 is 0 Å². The Labute approximate surface area is 144 Å². The van der Waals surface area contributed by atoms with Gasteiger partial charge in [-0.25, -0.2) is 9.37 Å². The number of nitrogens with zero attached hydrogens (tertiary/aromatic N) is 2. The molecule has 126 valence electrons. The number of aliphatic hydroxyl groups excluding tert-OH is 1. The Morgan fingerprint density at radius 2 is 2.21 bits per heavy atom. The summed E-state index contributed by atoms with van der Waals surface area (Å²) in [5, 5.41) is 18.1. The minimum atomic E-state index is -0.489. The van der Waals surface area contributed by atoms with Crippen molar-refractivity contribution in [2.75, 3.05) is 13.7 Å². The van der Waals surface area contributed by atoms with E-state index in [1.54, 1.807) is 24.3 Å². The second-order valence-electron chi connectivity index (χ2n) is 5.14. The van der Waals surface area contributed by atoms with Crippen molar-refractivity contribution in [2.45, 2.75) is 22.6 Å². The SMILES string of the molecule is COc1cc(S[C@H](C[C@H](N)CO)c2ccccc2F)c(C#N)cn1. The van der Waals surface area contributed by atoms with Gasteiger partial charge >= 0.3 is 0 Å². The Bertz CT molecular complexity index is 736. The fourth-order valence-corrected chi connectivity index (χ4v) is 3.55. The number of aromatic nitrogens is 1. The molecule has 0 spiro atoms. The van der Waals surface area contributed by atoms with E-state index in [0.717, 1.165) is 0 Å². The van der Waals surface area contributed by atoms with Gasteiger partial charge in [0, 0.05) is 34.0 Å². The number of pyridine rings is 1. The van der Waals surface area contributed by atoms with Gasteiger partial charge in [-0.2, -0.15) is 5.26 Å². The quantitative estimate of drug-likeness (QED) is 0.748. The number of rotatable bonds is 7. The highest BCUT2D eigenvalue weighted by molar-refractivity contribution is 7.99. The van der Waals surface area contributed by atoms with Crippen LogP contribution in [0.4, 0.5) is 4.39 Å². The van der Waals surface area contributed by atoms with E-state index in [0.29, 0.717) is 28.3 Å². The molecule has 0 bridgehead atoms. The van der Waals surface area contributed by atoms with Crippen LogP contribution in [0, 0.1) is 17.1 Å².